The molecule has 0 radical (unpaired) electrons. The molecule has 2 aromatic rings. The Kier molecular flexibility index (Phi) is 2.35. The number of benzene rings is 1. The van der Waals surface area contributed by atoms with Crippen molar-refractivity contribution < 1.29 is 0 Å². The zero-order valence-electron chi connectivity index (χ0n) is 7.58. The number of hydrazine groups is 1. The molecule has 0 bridgehead atoms. The number of nitrogens with one attached hydrogen (secondary N) is 1. The largest absolute Gasteiger partial charge is 0.308 e. The highest BCUT2D eigenvalue weighted by molar-refractivity contribution is 9.10. The maximum Gasteiger partial charge on any atom is 0.151 e. The zero-order valence-corrected chi connectivity index (χ0v) is 9.17. The number of aromatic nitrogens is 2. The molecular formula is C9H9BrN4. The average molecular weight is 253 g/mol. The third-order valence-electron chi connectivity index (χ3n) is 1.91. The minimum Gasteiger partial charge on any atom is -0.308 e. The summed E-state index contributed by atoms with van der Waals surface area (Å²) in [6, 6.07) is 5.79. The Bertz CT molecular complexity index is 478. The first kappa shape index (κ1) is 9.36. The van der Waals surface area contributed by atoms with Gasteiger partial charge in [-0.25, -0.2) is 15.8 Å². The zero-order chi connectivity index (χ0) is 10.1. The van der Waals surface area contributed by atoms with Crippen LogP contribution in [0.1, 0.15) is 5.82 Å². The van der Waals surface area contributed by atoms with Gasteiger partial charge < -0.3 is 5.43 Å². The van der Waals surface area contributed by atoms with Gasteiger partial charge in [0.1, 0.15) is 5.82 Å². The van der Waals surface area contributed by atoms with Crippen LogP contribution in [0.15, 0.2) is 22.7 Å². The molecule has 0 aliphatic rings. The second kappa shape index (κ2) is 3.51. The van der Waals surface area contributed by atoms with E-state index >= 15 is 0 Å². The normalized spacial score (nSPS) is 10.5. The predicted molar refractivity (Wildman–Crippen MR) is 59.8 cm³/mol. The van der Waals surface area contributed by atoms with Crippen LogP contribution in [0.2, 0.25) is 0 Å². The van der Waals surface area contributed by atoms with E-state index in [9.17, 15) is 0 Å². The van der Waals surface area contributed by atoms with Crippen LogP contribution in [0.5, 0.6) is 0 Å². The lowest BCUT2D eigenvalue weighted by atomic mass is 10.2. The van der Waals surface area contributed by atoms with E-state index in [1.165, 1.54) is 0 Å². The van der Waals surface area contributed by atoms with Gasteiger partial charge in [0.25, 0.3) is 0 Å². The van der Waals surface area contributed by atoms with Gasteiger partial charge in [0.05, 0.1) is 5.52 Å². The number of hydrogen-bond acceptors (Lipinski definition) is 4. The molecule has 14 heavy (non-hydrogen) atoms. The van der Waals surface area contributed by atoms with Gasteiger partial charge in [0, 0.05) is 9.86 Å². The van der Waals surface area contributed by atoms with Crippen molar-refractivity contribution in [2.75, 3.05) is 5.43 Å². The maximum atomic E-state index is 5.37. The monoisotopic (exact) mass is 252 g/mol. The topological polar surface area (TPSA) is 63.8 Å². The van der Waals surface area contributed by atoms with E-state index in [0.29, 0.717) is 11.6 Å². The van der Waals surface area contributed by atoms with Gasteiger partial charge in [0.15, 0.2) is 5.82 Å². The van der Waals surface area contributed by atoms with Crippen LogP contribution in [0, 0.1) is 6.92 Å². The highest BCUT2D eigenvalue weighted by atomic mass is 79.9. The summed E-state index contributed by atoms with van der Waals surface area (Å²) in [6.45, 7) is 1.83. The number of rotatable bonds is 1. The van der Waals surface area contributed by atoms with E-state index in [2.05, 4.69) is 31.3 Å². The Balaban J connectivity index is 2.81. The van der Waals surface area contributed by atoms with Crippen LogP contribution in [-0.2, 0) is 0 Å². The molecule has 0 saturated carbocycles. The number of fused-ring (bicyclic) bond motifs is 1. The fourth-order valence-electron chi connectivity index (χ4n) is 1.33. The summed E-state index contributed by atoms with van der Waals surface area (Å²) in [6.07, 6.45) is 0. The minimum atomic E-state index is 0.653. The average Bonchev–Trinajstić information content (AvgIpc) is 2.15. The van der Waals surface area contributed by atoms with Crippen LogP contribution >= 0.6 is 15.9 Å². The molecule has 72 valence electrons. The lowest BCUT2D eigenvalue weighted by Gasteiger charge is -2.05. The molecule has 0 aliphatic carbocycles. The summed E-state index contributed by atoms with van der Waals surface area (Å²) in [5.74, 6) is 6.72. The lowest BCUT2D eigenvalue weighted by molar-refractivity contribution is 1.08. The number of nitrogens with zero attached hydrogens (tertiary/aromatic N) is 2. The minimum absolute atomic E-state index is 0.653. The SMILES string of the molecule is Cc1nc(NN)c2ccc(Br)cc2n1. The molecule has 0 spiro atoms. The number of anilines is 1. The van der Waals surface area contributed by atoms with Crippen molar-refractivity contribution in [1.82, 2.24) is 9.97 Å². The van der Waals surface area contributed by atoms with E-state index in [0.717, 1.165) is 15.4 Å². The third-order valence-corrected chi connectivity index (χ3v) is 2.40. The van der Waals surface area contributed by atoms with Crippen molar-refractivity contribution in [2.45, 2.75) is 6.92 Å². The molecule has 5 heteroatoms. The van der Waals surface area contributed by atoms with Crippen molar-refractivity contribution in [2.24, 2.45) is 5.84 Å². The number of aryl methyl sites for hydroxylation is 1. The van der Waals surface area contributed by atoms with Crippen molar-refractivity contribution >= 4 is 32.7 Å². The molecular weight excluding hydrogens is 244 g/mol. The van der Waals surface area contributed by atoms with E-state index in [1.807, 2.05) is 25.1 Å². The second-order valence-corrected chi connectivity index (χ2v) is 3.84. The van der Waals surface area contributed by atoms with Gasteiger partial charge in [-0.2, -0.15) is 0 Å². The second-order valence-electron chi connectivity index (χ2n) is 2.93. The van der Waals surface area contributed by atoms with Crippen molar-refractivity contribution in [1.29, 1.82) is 0 Å². The summed E-state index contributed by atoms with van der Waals surface area (Å²) in [7, 11) is 0. The highest BCUT2D eigenvalue weighted by Crippen LogP contribution is 2.22. The Labute approximate surface area is 89.6 Å². The molecule has 0 saturated heterocycles. The Morgan fingerprint density at radius 1 is 1.36 bits per heavy atom. The van der Waals surface area contributed by atoms with Crippen LogP contribution in [0.4, 0.5) is 5.82 Å². The van der Waals surface area contributed by atoms with Gasteiger partial charge in [0.2, 0.25) is 0 Å². The highest BCUT2D eigenvalue weighted by Gasteiger charge is 2.04. The fourth-order valence-corrected chi connectivity index (χ4v) is 1.68. The van der Waals surface area contributed by atoms with Crippen LogP contribution < -0.4 is 11.3 Å². The van der Waals surface area contributed by atoms with E-state index in [1.54, 1.807) is 0 Å². The van der Waals surface area contributed by atoms with Crippen molar-refractivity contribution in [3.63, 3.8) is 0 Å². The number of nitrogen functional groups attached to an aromatic ring is 1. The fraction of sp³-hybridized carbons (Fsp3) is 0.111. The summed E-state index contributed by atoms with van der Waals surface area (Å²) in [4.78, 5) is 8.50. The van der Waals surface area contributed by atoms with Crippen molar-refractivity contribution in [3.8, 4) is 0 Å². The number of nitrogens with two attached hydrogens (primary N) is 1. The summed E-state index contributed by atoms with van der Waals surface area (Å²) in [5, 5.41) is 0.918. The summed E-state index contributed by atoms with van der Waals surface area (Å²) >= 11 is 3.39. The lowest BCUT2D eigenvalue weighted by Crippen LogP contribution is -2.10. The quantitative estimate of drug-likeness (QED) is 0.602. The maximum absolute atomic E-state index is 5.37. The van der Waals surface area contributed by atoms with Crippen LogP contribution in [0.3, 0.4) is 0 Å². The first-order valence-corrected chi connectivity index (χ1v) is 4.90. The van der Waals surface area contributed by atoms with Gasteiger partial charge >= 0.3 is 0 Å². The van der Waals surface area contributed by atoms with E-state index < -0.39 is 0 Å². The molecule has 0 amide bonds. The van der Waals surface area contributed by atoms with Gasteiger partial charge in [-0.05, 0) is 25.1 Å². The molecule has 0 unspecified atom stereocenters. The standard InChI is InChI=1S/C9H9BrN4/c1-5-12-8-4-6(10)2-3-7(8)9(13-5)14-11/h2-4H,11H2,1H3,(H,12,13,14). The molecule has 1 aromatic heterocycles. The van der Waals surface area contributed by atoms with E-state index in [-0.39, 0.29) is 0 Å². The third kappa shape index (κ3) is 1.56. The first-order valence-electron chi connectivity index (χ1n) is 4.11. The molecule has 2 rings (SSSR count). The molecule has 0 fully saturated rings. The number of halogens is 1. The molecule has 4 nitrogen and oxygen atoms in total. The number of hydrogen-bond donors (Lipinski definition) is 2. The predicted octanol–water partition coefficient (Wildman–Crippen LogP) is 1.99. The molecule has 0 atom stereocenters. The van der Waals surface area contributed by atoms with Gasteiger partial charge in [-0.3, -0.25) is 0 Å². The Morgan fingerprint density at radius 2 is 2.14 bits per heavy atom. The summed E-state index contributed by atoms with van der Waals surface area (Å²) < 4.78 is 0.992. The first-order chi connectivity index (χ1) is 6.70. The van der Waals surface area contributed by atoms with Crippen LogP contribution in [-0.4, -0.2) is 9.97 Å². The Morgan fingerprint density at radius 3 is 2.86 bits per heavy atom. The summed E-state index contributed by atoms with van der Waals surface area (Å²) in [5.41, 5.74) is 3.44. The van der Waals surface area contributed by atoms with Crippen LogP contribution in [0.25, 0.3) is 10.9 Å². The Hall–Kier alpha value is -1.20. The molecule has 1 heterocycles. The van der Waals surface area contributed by atoms with Gasteiger partial charge in [-0.1, -0.05) is 15.9 Å². The molecule has 3 N–H and O–H groups in total. The van der Waals surface area contributed by atoms with Gasteiger partial charge in [-0.15, -0.1) is 0 Å². The smallest absolute Gasteiger partial charge is 0.151 e. The van der Waals surface area contributed by atoms with Crippen molar-refractivity contribution in [3.05, 3.63) is 28.5 Å². The van der Waals surface area contributed by atoms with E-state index in [4.69, 9.17) is 5.84 Å². The molecule has 1 aromatic carbocycles. The molecule has 0 aliphatic heterocycles.